The molecule has 0 saturated carbocycles. The minimum absolute atomic E-state index is 0.0407. The molecule has 0 saturated heterocycles. The number of carboxylic acids is 1. The van der Waals surface area contributed by atoms with E-state index in [9.17, 15) is 4.79 Å². The van der Waals surface area contributed by atoms with Crippen LogP contribution in [0.5, 0.6) is 17.2 Å². The van der Waals surface area contributed by atoms with E-state index in [0.717, 1.165) is 0 Å². The number of hydrogen-bond donors (Lipinski definition) is 1. The van der Waals surface area contributed by atoms with Crippen LogP contribution < -0.4 is 14.2 Å². The van der Waals surface area contributed by atoms with E-state index >= 15 is 0 Å². The van der Waals surface area contributed by atoms with E-state index in [1.807, 2.05) is 0 Å². The number of aromatic nitrogens is 2. The van der Waals surface area contributed by atoms with Gasteiger partial charge in [-0.3, -0.25) is 4.68 Å². The van der Waals surface area contributed by atoms with E-state index in [0.29, 0.717) is 28.5 Å². The lowest BCUT2D eigenvalue weighted by atomic mass is 10.1. The molecule has 0 aliphatic carbocycles. The van der Waals surface area contributed by atoms with Gasteiger partial charge in [0.25, 0.3) is 0 Å². The second kappa shape index (κ2) is 4.44. The first-order chi connectivity index (χ1) is 9.61. The fourth-order valence-electron chi connectivity index (χ4n) is 2.17. The fraction of sp³-hybridized carbons (Fsp3) is 0.231. The molecular formula is C13H12N2O5. The van der Waals surface area contributed by atoms with Crippen molar-refractivity contribution in [2.75, 3.05) is 13.9 Å². The summed E-state index contributed by atoms with van der Waals surface area (Å²) in [6, 6.07) is 4.97. The third kappa shape index (κ3) is 1.75. The molecule has 0 bridgehead atoms. The van der Waals surface area contributed by atoms with Crippen LogP contribution in [0.4, 0.5) is 0 Å². The normalized spacial score (nSPS) is 12.5. The average Bonchev–Trinajstić information content (AvgIpc) is 3.03. The second-order valence-electron chi connectivity index (χ2n) is 4.22. The predicted molar refractivity (Wildman–Crippen MR) is 68.3 cm³/mol. The molecule has 0 spiro atoms. The molecule has 1 aromatic heterocycles. The number of aromatic carboxylic acids is 1. The third-order valence-electron chi connectivity index (χ3n) is 3.08. The lowest BCUT2D eigenvalue weighted by Crippen LogP contribution is -2.00. The Labute approximate surface area is 114 Å². The number of carboxylic acid groups (broad SMARTS) is 1. The van der Waals surface area contributed by atoms with Gasteiger partial charge in [-0.25, -0.2) is 4.79 Å². The number of nitrogens with zero attached hydrogens (tertiary/aromatic N) is 2. The summed E-state index contributed by atoms with van der Waals surface area (Å²) in [5.74, 6) is 0.605. The summed E-state index contributed by atoms with van der Waals surface area (Å²) in [5, 5.41) is 13.0. The van der Waals surface area contributed by atoms with Crippen molar-refractivity contribution in [3.63, 3.8) is 0 Å². The molecule has 2 heterocycles. The Balaban J connectivity index is 2.23. The molecule has 20 heavy (non-hydrogen) atoms. The zero-order valence-electron chi connectivity index (χ0n) is 10.9. The number of fused-ring (bicyclic) bond motifs is 1. The molecule has 104 valence electrons. The van der Waals surface area contributed by atoms with Gasteiger partial charge in [0.15, 0.2) is 17.2 Å². The van der Waals surface area contributed by atoms with Crippen LogP contribution in [0.25, 0.3) is 11.3 Å². The predicted octanol–water partition coefficient (Wildman–Crippen LogP) is 1.52. The zero-order chi connectivity index (χ0) is 14.3. The van der Waals surface area contributed by atoms with Gasteiger partial charge >= 0.3 is 5.97 Å². The van der Waals surface area contributed by atoms with E-state index in [4.69, 9.17) is 19.3 Å². The van der Waals surface area contributed by atoms with Gasteiger partial charge in [-0.15, -0.1) is 0 Å². The summed E-state index contributed by atoms with van der Waals surface area (Å²) in [6.45, 7) is 0.124. The van der Waals surface area contributed by atoms with Crippen molar-refractivity contribution >= 4 is 5.97 Å². The number of hydrogen-bond acceptors (Lipinski definition) is 5. The third-order valence-corrected chi connectivity index (χ3v) is 3.08. The van der Waals surface area contributed by atoms with E-state index in [1.54, 1.807) is 19.2 Å². The van der Waals surface area contributed by atoms with Crippen molar-refractivity contribution in [3.05, 3.63) is 23.9 Å². The van der Waals surface area contributed by atoms with Gasteiger partial charge in [0, 0.05) is 7.05 Å². The van der Waals surface area contributed by atoms with Crippen molar-refractivity contribution < 1.29 is 24.1 Å². The molecule has 1 aromatic carbocycles. The van der Waals surface area contributed by atoms with Crippen molar-refractivity contribution in [1.82, 2.24) is 9.78 Å². The molecule has 0 fully saturated rings. The highest BCUT2D eigenvalue weighted by molar-refractivity contribution is 5.88. The Morgan fingerprint density at radius 3 is 2.90 bits per heavy atom. The number of carbonyl (C=O) groups is 1. The highest BCUT2D eigenvalue weighted by Gasteiger charge is 2.26. The minimum atomic E-state index is -1.09. The van der Waals surface area contributed by atoms with Gasteiger partial charge < -0.3 is 19.3 Å². The van der Waals surface area contributed by atoms with Crippen LogP contribution in [-0.2, 0) is 7.05 Å². The standard InChI is InChI=1S/C13H12N2O5/c1-15-8(5-7(14-15)13(16)17)11-9(18-2)3-4-10-12(11)20-6-19-10/h3-5H,6H2,1-2H3,(H,16,17). The highest BCUT2D eigenvalue weighted by atomic mass is 16.7. The minimum Gasteiger partial charge on any atom is -0.496 e. The Hall–Kier alpha value is -2.70. The first kappa shape index (κ1) is 12.3. The molecule has 0 unspecified atom stereocenters. The number of rotatable bonds is 3. The summed E-state index contributed by atoms with van der Waals surface area (Å²) in [4.78, 5) is 11.0. The molecule has 1 aliphatic heterocycles. The highest BCUT2D eigenvalue weighted by Crippen LogP contribution is 2.46. The summed E-state index contributed by atoms with van der Waals surface area (Å²) < 4.78 is 17.6. The summed E-state index contributed by atoms with van der Waals surface area (Å²) >= 11 is 0. The second-order valence-corrected chi connectivity index (χ2v) is 4.22. The fourth-order valence-corrected chi connectivity index (χ4v) is 2.17. The van der Waals surface area contributed by atoms with Crippen molar-refractivity contribution in [1.29, 1.82) is 0 Å². The molecule has 7 heteroatoms. The maximum atomic E-state index is 11.0. The van der Waals surface area contributed by atoms with Crippen LogP contribution in [-0.4, -0.2) is 34.8 Å². The van der Waals surface area contributed by atoms with Gasteiger partial charge in [0.1, 0.15) is 5.75 Å². The molecular weight excluding hydrogens is 264 g/mol. The number of ether oxygens (including phenoxy) is 3. The molecule has 3 rings (SSSR count). The molecule has 0 radical (unpaired) electrons. The van der Waals surface area contributed by atoms with Crippen LogP contribution in [0.2, 0.25) is 0 Å². The average molecular weight is 276 g/mol. The first-order valence-electron chi connectivity index (χ1n) is 5.86. The van der Waals surface area contributed by atoms with Crippen molar-refractivity contribution in [2.24, 2.45) is 7.05 Å². The lowest BCUT2D eigenvalue weighted by molar-refractivity contribution is 0.0689. The van der Waals surface area contributed by atoms with E-state index in [1.165, 1.54) is 17.9 Å². The Kier molecular flexibility index (Phi) is 2.74. The van der Waals surface area contributed by atoms with Crippen LogP contribution in [0.15, 0.2) is 18.2 Å². The summed E-state index contributed by atoms with van der Waals surface area (Å²) in [7, 11) is 3.20. The first-order valence-corrected chi connectivity index (χ1v) is 5.86. The Morgan fingerprint density at radius 1 is 1.45 bits per heavy atom. The van der Waals surface area contributed by atoms with Gasteiger partial charge in [-0.2, -0.15) is 5.10 Å². The van der Waals surface area contributed by atoms with Gasteiger partial charge in [-0.1, -0.05) is 0 Å². The Morgan fingerprint density at radius 2 is 2.25 bits per heavy atom. The largest absolute Gasteiger partial charge is 0.496 e. The Bertz CT molecular complexity index is 692. The molecule has 2 aromatic rings. The molecule has 7 nitrogen and oxygen atoms in total. The smallest absolute Gasteiger partial charge is 0.356 e. The lowest BCUT2D eigenvalue weighted by Gasteiger charge is -2.11. The summed E-state index contributed by atoms with van der Waals surface area (Å²) in [5.41, 5.74) is 1.17. The van der Waals surface area contributed by atoms with Crippen LogP contribution in [0.3, 0.4) is 0 Å². The number of methoxy groups -OCH3 is 1. The number of aryl methyl sites for hydroxylation is 1. The molecule has 0 atom stereocenters. The van der Waals surface area contributed by atoms with Gasteiger partial charge in [0.2, 0.25) is 6.79 Å². The topological polar surface area (TPSA) is 82.8 Å². The molecule has 1 N–H and O–H groups in total. The van der Waals surface area contributed by atoms with E-state index in [-0.39, 0.29) is 12.5 Å². The molecule has 1 aliphatic rings. The SMILES string of the molecule is COc1ccc2c(c1-c1cc(C(=O)O)nn1C)OCO2. The van der Waals surface area contributed by atoms with Crippen LogP contribution in [0.1, 0.15) is 10.5 Å². The maximum absolute atomic E-state index is 11.0. The molecule has 0 amide bonds. The van der Waals surface area contributed by atoms with Gasteiger partial charge in [-0.05, 0) is 18.2 Å². The number of benzene rings is 1. The maximum Gasteiger partial charge on any atom is 0.356 e. The van der Waals surface area contributed by atoms with E-state index < -0.39 is 5.97 Å². The quantitative estimate of drug-likeness (QED) is 0.915. The van der Waals surface area contributed by atoms with Crippen molar-refractivity contribution in [2.45, 2.75) is 0 Å². The van der Waals surface area contributed by atoms with Crippen LogP contribution in [0, 0.1) is 0 Å². The van der Waals surface area contributed by atoms with Crippen LogP contribution >= 0.6 is 0 Å². The van der Waals surface area contributed by atoms with E-state index in [2.05, 4.69) is 5.10 Å². The van der Waals surface area contributed by atoms with Gasteiger partial charge in [0.05, 0.1) is 18.4 Å². The van der Waals surface area contributed by atoms with Crippen molar-refractivity contribution in [3.8, 4) is 28.5 Å². The monoisotopic (exact) mass is 276 g/mol. The summed E-state index contributed by atoms with van der Waals surface area (Å²) in [6.07, 6.45) is 0. The zero-order valence-corrected chi connectivity index (χ0v) is 10.9.